The molecule has 11 heteroatoms. The van der Waals surface area contributed by atoms with E-state index in [2.05, 4.69) is 6.92 Å². The van der Waals surface area contributed by atoms with Gasteiger partial charge in [-0.3, -0.25) is 14.1 Å². The molecule has 0 fully saturated rings. The van der Waals surface area contributed by atoms with Crippen molar-refractivity contribution in [3.8, 4) is 0 Å². The maximum absolute atomic E-state index is 10.2. The van der Waals surface area contributed by atoms with Crippen LogP contribution in [0.1, 0.15) is 77.6 Å². The topological polar surface area (TPSA) is 149 Å². The predicted octanol–water partition coefficient (Wildman–Crippen LogP) is 3.55. The number of aliphatic hydroxyl groups excluding tert-OH is 1. The molecule has 27 heavy (non-hydrogen) atoms. The highest BCUT2D eigenvalue weighted by atomic mass is 35.5. The molecule has 0 saturated heterocycles. The van der Waals surface area contributed by atoms with Crippen molar-refractivity contribution in [2.75, 3.05) is 6.61 Å². The fourth-order valence-corrected chi connectivity index (χ4v) is 2.69. The summed E-state index contributed by atoms with van der Waals surface area (Å²) in [7, 11) is -4.84. The van der Waals surface area contributed by atoms with Crippen LogP contribution < -0.4 is 0 Å². The molecule has 0 bridgehead atoms. The Kier molecular flexibility index (Phi) is 27.3. The lowest BCUT2D eigenvalue weighted by Crippen LogP contribution is -2.31. The van der Waals surface area contributed by atoms with E-state index in [9.17, 15) is 18.0 Å². The molecule has 4 N–H and O–H groups in total. The van der Waals surface area contributed by atoms with Crippen molar-refractivity contribution in [1.29, 1.82) is 0 Å². The highest BCUT2D eigenvalue weighted by Gasteiger charge is 2.33. The minimum atomic E-state index is -4.84. The van der Waals surface area contributed by atoms with E-state index in [0.717, 1.165) is 6.42 Å². The van der Waals surface area contributed by atoms with Crippen LogP contribution in [0.5, 0.6) is 0 Å². The van der Waals surface area contributed by atoms with Crippen molar-refractivity contribution in [1.82, 2.24) is 0 Å². The van der Waals surface area contributed by atoms with E-state index in [0.29, 0.717) is 6.61 Å². The number of carbonyl (C=O) groups is 2. The van der Waals surface area contributed by atoms with Crippen LogP contribution in [0.4, 0.5) is 0 Å². The Balaban J connectivity index is -0.000000183. The predicted molar refractivity (Wildman–Crippen MR) is 109 cm³/mol. The van der Waals surface area contributed by atoms with E-state index in [1.54, 1.807) is 0 Å². The van der Waals surface area contributed by atoms with Gasteiger partial charge in [-0.25, -0.2) is 0 Å². The highest BCUT2D eigenvalue weighted by molar-refractivity contribution is 7.87. The maximum Gasteiger partial charge on any atom is 0.325 e. The lowest BCUT2D eigenvalue weighted by atomic mass is 10.1. The van der Waals surface area contributed by atoms with E-state index in [1.165, 1.54) is 57.8 Å². The first-order valence-electron chi connectivity index (χ1n) is 8.68. The first-order valence-corrected chi connectivity index (χ1v) is 10.2. The SMILES string of the molecule is CCCCCCCCCCCCO.Cl.Cl.O=C(O)CC(C(=O)O)S(=O)(=O)O. The monoisotopic (exact) mass is 456 g/mol. The Morgan fingerprint density at radius 1 is 0.815 bits per heavy atom. The standard InChI is InChI=1S/C12H26O.C4H6O7S.2ClH/c1-2-3-4-5-6-7-8-9-10-11-12-13;5-3(6)1-2(4(7)8)12(9,10)11;;/h13H,2-12H2,1H3;2H,1H2,(H,5,6)(H,7,8)(H,9,10,11);2*1H. The lowest BCUT2D eigenvalue weighted by molar-refractivity contribution is -0.143. The number of hydrogen-bond acceptors (Lipinski definition) is 5. The number of aliphatic hydroxyl groups is 1. The first kappa shape index (κ1) is 33.9. The zero-order valence-corrected chi connectivity index (χ0v) is 18.2. The summed E-state index contributed by atoms with van der Waals surface area (Å²) in [6.45, 7) is 2.63. The molecule has 8 nitrogen and oxygen atoms in total. The van der Waals surface area contributed by atoms with Crippen LogP contribution in [0.3, 0.4) is 0 Å². The summed E-state index contributed by atoms with van der Waals surface area (Å²) in [5.74, 6) is -3.50. The van der Waals surface area contributed by atoms with Crippen LogP contribution in [0.25, 0.3) is 0 Å². The Hall–Kier alpha value is -0.610. The van der Waals surface area contributed by atoms with Crippen LogP contribution in [0.2, 0.25) is 0 Å². The smallest absolute Gasteiger partial charge is 0.325 e. The van der Waals surface area contributed by atoms with E-state index in [4.69, 9.17) is 19.9 Å². The van der Waals surface area contributed by atoms with Gasteiger partial charge in [-0.1, -0.05) is 64.7 Å². The van der Waals surface area contributed by atoms with Crippen LogP contribution in [0.15, 0.2) is 0 Å². The van der Waals surface area contributed by atoms with E-state index in [1.807, 2.05) is 0 Å². The average molecular weight is 457 g/mol. The molecule has 0 aliphatic heterocycles. The first-order chi connectivity index (χ1) is 11.7. The number of unbranched alkanes of at least 4 members (excludes halogenated alkanes) is 9. The fourth-order valence-electron chi connectivity index (χ4n) is 2.08. The van der Waals surface area contributed by atoms with Gasteiger partial charge in [0.2, 0.25) is 0 Å². The van der Waals surface area contributed by atoms with Gasteiger partial charge in [0.05, 0.1) is 6.42 Å². The normalized spacial score (nSPS) is 11.2. The number of halogens is 2. The number of aliphatic carboxylic acids is 2. The summed E-state index contributed by atoms with van der Waals surface area (Å²) < 4.78 is 28.7. The van der Waals surface area contributed by atoms with Gasteiger partial charge in [-0.2, -0.15) is 8.42 Å². The maximum atomic E-state index is 10.2. The molecule has 0 aromatic carbocycles. The third-order valence-electron chi connectivity index (χ3n) is 3.51. The van der Waals surface area contributed by atoms with Crippen LogP contribution in [-0.4, -0.2) is 52.1 Å². The van der Waals surface area contributed by atoms with Gasteiger partial charge in [0, 0.05) is 6.61 Å². The summed E-state index contributed by atoms with van der Waals surface area (Å²) in [6, 6.07) is 0. The van der Waals surface area contributed by atoms with E-state index < -0.39 is 33.7 Å². The number of carboxylic acid groups (broad SMARTS) is 2. The second kappa shape index (κ2) is 21.7. The molecule has 1 atom stereocenters. The second-order valence-electron chi connectivity index (χ2n) is 5.85. The Bertz CT molecular complexity index is 447. The molecule has 0 saturated carbocycles. The highest BCUT2D eigenvalue weighted by Crippen LogP contribution is 2.10. The summed E-state index contributed by atoms with van der Waals surface area (Å²) in [5, 5.41) is 22.5. The van der Waals surface area contributed by atoms with Gasteiger partial charge >= 0.3 is 11.9 Å². The minimum absolute atomic E-state index is 0. The van der Waals surface area contributed by atoms with Crippen molar-refractivity contribution in [3.63, 3.8) is 0 Å². The summed E-state index contributed by atoms with van der Waals surface area (Å²) >= 11 is 0. The van der Waals surface area contributed by atoms with E-state index in [-0.39, 0.29) is 24.8 Å². The Morgan fingerprint density at radius 3 is 1.41 bits per heavy atom. The molecule has 0 radical (unpaired) electrons. The summed E-state index contributed by atoms with van der Waals surface area (Å²) in [5.41, 5.74) is 0. The molecule has 0 aromatic rings. The molecule has 0 aliphatic rings. The Labute approximate surface area is 174 Å². The molecule has 1 unspecified atom stereocenters. The largest absolute Gasteiger partial charge is 0.481 e. The quantitative estimate of drug-likeness (QED) is 0.229. The van der Waals surface area contributed by atoms with Gasteiger partial charge in [0.15, 0.2) is 5.25 Å². The molecule has 0 aliphatic carbocycles. The van der Waals surface area contributed by atoms with Crippen LogP contribution >= 0.6 is 24.8 Å². The molecular weight excluding hydrogens is 423 g/mol. The third-order valence-corrected chi connectivity index (χ3v) is 4.59. The van der Waals surface area contributed by atoms with Gasteiger partial charge < -0.3 is 15.3 Å². The summed E-state index contributed by atoms with van der Waals surface area (Å²) in [4.78, 5) is 20.0. The molecule has 0 amide bonds. The molecule has 0 rings (SSSR count). The van der Waals surface area contributed by atoms with Crippen LogP contribution in [-0.2, 0) is 19.7 Å². The zero-order valence-electron chi connectivity index (χ0n) is 15.7. The molecule has 0 aromatic heterocycles. The fraction of sp³-hybridized carbons (Fsp3) is 0.875. The van der Waals surface area contributed by atoms with Crippen LogP contribution in [0, 0.1) is 0 Å². The van der Waals surface area contributed by atoms with Gasteiger partial charge in [0.25, 0.3) is 10.1 Å². The Morgan fingerprint density at radius 2 is 1.19 bits per heavy atom. The zero-order chi connectivity index (χ0) is 19.7. The van der Waals surface area contributed by atoms with Crippen molar-refractivity contribution in [3.05, 3.63) is 0 Å². The van der Waals surface area contributed by atoms with Crippen molar-refractivity contribution < 1.29 is 37.9 Å². The number of hydrogen-bond donors (Lipinski definition) is 4. The number of carboxylic acids is 2. The molecular formula is C16H34Cl2O8S. The third kappa shape index (κ3) is 25.4. The number of rotatable bonds is 14. The molecule has 166 valence electrons. The average Bonchev–Trinajstić information content (AvgIpc) is 2.50. The van der Waals surface area contributed by atoms with Crippen molar-refractivity contribution >= 4 is 46.9 Å². The summed E-state index contributed by atoms with van der Waals surface area (Å²) in [6.07, 6.45) is 12.1. The second-order valence-corrected chi connectivity index (χ2v) is 7.44. The van der Waals surface area contributed by atoms with E-state index >= 15 is 0 Å². The van der Waals surface area contributed by atoms with Crippen molar-refractivity contribution in [2.45, 2.75) is 82.8 Å². The van der Waals surface area contributed by atoms with Crippen molar-refractivity contribution in [2.24, 2.45) is 0 Å². The van der Waals surface area contributed by atoms with Gasteiger partial charge in [-0.05, 0) is 6.42 Å². The van der Waals surface area contributed by atoms with Gasteiger partial charge in [0.1, 0.15) is 0 Å². The minimum Gasteiger partial charge on any atom is -0.481 e. The molecule has 0 spiro atoms. The molecule has 0 heterocycles. The lowest BCUT2D eigenvalue weighted by Gasteiger charge is -2.04. The van der Waals surface area contributed by atoms with Gasteiger partial charge in [-0.15, -0.1) is 24.8 Å².